The molecule has 0 aliphatic rings. The predicted molar refractivity (Wildman–Crippen MR) is 62.6 cm³/mol. The molecule has 0 atom stereocenters. The van der Waals surface area contributed by atoms with E-state index in [0.717, 1.165) is 30.3 Å². The Morgan fingerprint density at radius 2 is 2.12 bits per heavy atom. The summed E-state index contributed by atoms with van der Waals surface area (Å²) in [4.78, 5) is 11.1. The Labute approximate surface area is 113 Å². The van der Waals surface area contributed by atoms with Crippen LogP contribution in [0, 0.1) is 6.20 Å². The Balaban J connectivity index is 0.00000144. The number of carboxylic acids is 1. The number of aromatic carboxylic acids is 1. The first-order valence-corrected chi connectivity index (χ1v) is 5.48. The standard InChI is InChI=1S/C13H14NO2.Li/c1-2-3-8-14-9-11(13(15)16)10-6-4-5-7-12(10)14;/h4-7H,2-3,8H2,1H3,(H,15,16);/q-1;+1. The summed E-state index contributed by atoms with van der Waals surface area (Å²) in [6.45, 7) is 2.94. The van der Waals surface area contributed by atoms with Gasteiger partial charge in [0, 0.05) is 6.54 Å². The molecular weight excluding hydrogens is 209 g/mol. The number of hydrogen-bond acceptors (Lipinski definition) is 1. The quantitative estimate of drug-likeness (QED) is 0.583. The van der Waals surface area contributed by atoms with Crippen LogP contribution in [0.4, 0.5) is 0 Å². The van der Waals surface area contributed by atoms with E-state index < -0.39 is 5.97 Å². The van der Waals surface area contributed by atoms with Crippen LogP contribution in [0.25, 0.3) is 10.9 Å². The summed E-state index contributed by atoms with van der Waals surface area (Å²) in [6, 6.07) is 7.54. The molecule has 0 saturated heterocycles. The second-order valence-corrected chi connectivity index (χ2v) is 3.81. The van der Waals surface area contributed by atoms with Gasteiger partial charge in [0.2, 0.25) is 5.97 Å². The number of aryl methyl sites for hydroxylation is 1. The van der Waals surface area contributed by atoms with Crippen molar-refractivity contribution in [3.8, 4) is 0 Å². The molecule has 1 heterocycles. The van der Waals surface area contributed by atoms with Crippen LogP contribution < -0.4 is 18.9 Å². The van der Waals surface area contributed by atoms with Gasteiger partial charge in [-0.2, -0.15) is 0 Å². The Kier molecular flexibility index (Phi) is 4.86. The monoisotopic (exact) mass is 223 g/mol. The maximum atomic E-state index is 11.1. The zero-order valence-corrected chi connectivity index (χ0v) is 10.2. The Morgan fingerprint density at radius 1 is 1.41 bits per heavy atom. The molecule has 17 heavy (non-hydrogen) atoms. The number of para-hydroxylation sites is 1. The van der Waals surface area contributed by atoms with Crippen molar-refractivity contribution < 1.29 is 28.8 Å². The molecule has 1 aromatic carbocycles. The fourth-order valence-electron chi connectivity index (χ4n) is 1.83. The van der Waals surface area contributed by atoms with Gasteiger partial charge in [-0.1, -0.05) is 43.3 Å². The van der Waals surface area contributed by atoms with Gasteiger partial charge in [-0.25, -0.2) is 0 Å². The van der Waals surface area contributed by atoms with Gasteiger partial charge in [-0.15, -0.1) is 11.5 Å². The van der Waals surface area contributed by atoms with E-state index in [1.807, 2.05) is 28.8 Å². The maximum absolute atomic E-state index is 11.1. The Hall–Kier alpha value is -1.17. The zero-order valence-electron chi connectivity index (χ0n) is 10.2. The molecule has 2 rings (SSSR count). The van der Waals surface area contributed by atoms with E-state index in [4.69, 9.17) is 5.11 Å². The van der Waals surface area contributed by atoms with Crippen LogP contribution in [0.3, 0.4) is 0 Å². The van der Waals surface area contributed by atoms with Crippen molar-refractivity contribution in [3.05, 3.63) is 36.0 Å². The van der Waals surface area contributed by atoms with Crippen LogP contribution in [0.1, 0.15) is 30.1 Å². The Morgan fingerprint density at radius 3 is 2.76 bits per heavy atom. The van der Waals surface area contributed by atoms with Gasteiger partial charge in [-0.3, -0.25) is 0 Å². The van der Waals surface area contributed by atoms with Crippen LogP contribution in [-0.2, 0) is 6.54 Å². The largest absolute Gasteiger partial charge is 1.00 e. The molecule has 2 aromatic rings. The molecule has 0 unspecified atom stereocenters. The number of nitrogens with zero attached hydrogens (tertiary/aromatic N) is 1. The van der Waals surface area contributed by atoms with Crippen molar-refractivity contribution in [3.63, 3.8) is 0 Å². The molecule has 1 aromatic heterocycles. The van der Waals surface area contributed by atoms with Gasteiger partial charge in [0.25, 0.3) is 0 Å². The molecule has 84 valence electrons. The first kappa shape index (κ1) is 13.9. The van der Waals surface area contributed by atoms with E-state index in [1.165, 1.54) is 0 Å². The fourth-order valence-corrected chi connectivity index (χ4v) is 1.83. The molecule has 1 N–H and O–H groups in total. The number of aromatic nitrogens is 1. The smallest absolute Gasteiger partial charge is 0.521 e. The normalized spacial score (nSPS) is 10.2. The summed E-state index contributed by atoms with van der Waals surface area (Å²) in [5, 5.41) is 9.85. The molecule has 3 nitrogen and oxygen atoms in total. The summed E-state index contributed by atoms with van der Waals surface area (Å²) >= 11 is 0. The minimum absolute atomic E-state index is 0. The van der Waals surface area contributed by atoms with Crippen molar-refractivity contribution in [1.29, 1.82) is 0 Å². The third-order valence-electron chi connectivity index (χ3n) is 2.66. The summed E-state index contributed by atoms with van der Waals surface area (Å²) in [6.07, 6.45) is 5.06. The van der Waals surface area contributed by atoms with Crippen molar-refractivity contribution in [2.24, 2.45) is 0 Å². The molecule has 0 aliphatic heterocycles. The second kappa shape index (κ2) is 5.95. The average molecular weight is 223 g/mol. The Bertz CT molecular complexity index is 519. The van der Waals surface area contributed by atoms with Crippen LogP contribution in [0.5, 0.6) is 0 Å². The first-order valence-electron chi connectivity index (χ1n) is 5.48. The molecule has 0 fully saturated rings. The summed E-state index contributed by atoms with van der Waals surface area (Å²) in [5.41, 5.74) is 1.22. The van der Waals surface area contributed by atoms with Crippen LogP contribution in [0.15, 0.2) is 24.3 Å². The minimum atomic E-state index is -0.911. The molecule has 0 amide bonds. The van der Waals surface area contributed by atoms with E-state index in [2.05, 4.69) is 13.1 Å². The number of fused-ring (bicyclic) bond motifs is 1. The van der Waals surface area contributed by atoms with E-state index in [-0.39, 0.29) is 24.4 Å². The van der Waals surface area contributed by atoms with Gasteiger partial charge in [0.15, 0.2) is 0 Å². The van der Waals surface area contributed by atoms with E-state index in [0.29, 0.717) is 0 Å². The van der Waals surface area contributed by atoms with Crippen LogP contribution >= 0.6 is 0 Å². The topological polar surface area (TPSA) is 42.2 Å². The number of rotatable bonds is 4. The fraction of sp³-hybridized carbons (Fsp3) is 0.308. The molecule has 4 heteroatoms. The van der Waals surface area contributed by atoms with Crippen molar-refractivity contribution in [2.75, 3.05) is 0 Å². The SMILES string of the molecule is CCCCn1[c-]c(C(=O)O)c2ccccc21.[Li+]. The number of carboxylic acid groups (broad SMARTS) is 1. The van der Waals surface area contributed by atoms with E-state index >= 15 is 0 Å². The third-order valence-corrected chi connectivity index (χ3v) is 2.66. The number of hydrogen-bond donors (Lipinski definition) is 1. The zero-order chi connectivity index (χ0) is 11.5. The molecule has 0 bridgehead atoms. The number of carbonyl (C=O) groups is 1. The van der Waals surface area contributed by atoms with Crippen molar-refractivity contribution >= 4 is 16.9 Å². The molecule has 0 spiro atoms. The molecular formula is C13H14LiNO2. The van der Waals surface area contributed by atoms with Crippen LogP contribution in [-0.4, -0.2) is 15.6 Å². The summed E-state index contributed by atoms with van der Waals surface area (Å²) < 4.78 is 1.91. The molecule has 0 aliphatic carbocycles. The number of benzene rings is 1. The van der Waals surface area contributed by atoms with Crippen molar-refractivity contribution in [2.45, 2.75) is 26.3 Å². The predicted octanol–water partition coefficient (Wildman–Crippen LogP) is -0.0562. The van der Waals surface area contributed by atoms with Gasteiger partial charge in [-0.05, 0) is 12.0 Å². The van der Waals surface area contributed by atoms with Crippen LogP contribution in [0.2, 0.25) is 0 Å². The third kappa shape index (κ3) is 2.74. The number of unbranched alkanes of at least 4 members (excludes halogenated alkanes) is 1. The van der Waals surface area contributed by atoms with Gasteiger partial charge < -0.3 is 14.5 Å². The maximum Gasteiger partial charge on any atom is 1.00 e. The molecule has 0 saturated carbocycles. The minimum Gasteiger partial charge on any atom is -0.521 e. The summed E-state index contributed by atoms with van der Waals surface area (Å²) in [5.74, 6) is -0.911. The first-order chi connectivity index (χ1) is 7.74. The van der Waals surface area contributed by atoms with Gasteiger partial charge >= 0.3 is 18.9 Å². The van der Waals surface area contributed by atoms with Gasteiger partial charge in [0.05, 0.1) is 0 Å². The summed E-state index contributed by atoms with van der Waals surface area (Å²) in [7, 11) is 0. The van der Waals surface area contributed by atoms with Crippen molar-refractivity contribution in [1.82, 2.24) is 4.57 Å². The van der Waals surface area contributed by atoms with Gasteiger partial charge in [0.1, 0.15) is 0 Å². The second-order valence-electron chi connectivity index (χ2n) is 3.81. The van der Waals surface area contributed by atoms with E-state index in [9.17, 15) is 4.79 Å². The molecule has 0 radical (unpaired) electrons. The van der Waals surface area contributed by atoms with E-state index in [1.54, 1.807) is 0 Å². The average Bonchev–Trinajstić information content (AvgIpc) is 2.65.